The number of rotatable bonds is 13. The molecule has 0 unspecified atom stereocenters. The molecule has 9 atom stereocenters. The summed E-state index contributed by atoms with van der Waals surface area (Å²) in [4.78, 5) is 86.8. The molecule has 20 heteroatoms. The second-order valence-corrected chi connectivity index (χ2v) is 13.2. The fourth-order valence-electron chi connectivity index (χ4n) is 6.28. The molecule has 2 fully saturated rings. The molecule has 0 N–H and O–H groups in total. The van der Waals surface area contributed by atoms with E-state index in [1.807, 2.05) is 32.9 Å². The van der Waals surface area contributed by atoms with Crippen molar-refractivity contribution in [1.29, 1.82) is 0 Å². The minimum absolute atomic E-state index is 0.387. The molecule has 2 saturated heterocycles. The minimum Gasteiger partial charge on any atom is -0.463 e. The number of hydrogen-bond acceptors (Lipinski definition) is 19. The molecule has 1 aromatic heterocycles. The predicted octanol–water partition coefficient (Wildman–Crippen LogP) is 1.62. The van der Waals surface area contributed by atoms with Crippen LogP contribution in [0.2, 0.25) is 0 Å². The lowest BCUT2D eigenvalue weighted by Crippen LogP contribution is -2.65. The fraction of sp³-hybridized carbons (Fsp3) is 0.583. The van der Waals surface area contributed by atoms with Gasteiger partial charge in [-0.05, 0) is 43.5 Å². The molecule has 0 saturated carbocycles. The Balaban J connectivity index is 1.91. The van der Waals surface area contributed by atoms with Crippen molar-refractivity contribution in [3.63, 3.8) is 0 Å². The molecule has 0 amide bonds. The number of hydrogen-bond donors (Lipinski definition) is 0. The minimum atomic E-state index is -2.51. The zero-order chi connectivity index (χ0) is 41.6. The zero-order valence-electron chi connectivity index (χ0n) is 32.5. The van der Waals surface area contributed by atoms with Crippen molar-refractivity contribution < 1.29 is 80.9 Å². The van der Waals surface area contributed by atoms with Gasteiger partial charge in [-0.3, -0.25) is 33.6 Å². The van der Waals surface area contributed by atoms with Crippen LogP contribution in [-0.4, -0.2) is 119 Å². The van der Waals surface area contributed by atoms with Crippen LogP contribution in [0, 0.1) is 20.8 Å². The number of nitrogens with zero attached hydrogens (tertiary/aromatic N) is 3. The highest BCUT2D eigenvalue weighted by Gasteiger charge is 2.65. The second kappa shape index (κ2) is 18.0. The van der Waals surface area contributed by atoms with Gasteiger partial charge in [0.25, 0.3) is 0 Å². The van der Waals surface area contributed by atoms with Crippen molar-refractivity contribution in [3.05, 3.63) is 35.0 Å². The van der Waals surface area contributed by atoms with Gasteiger partial charge in [0.1, 0.15) is 25.0 Å². The zero-order valence-corrected chi connectivity index (χ0v) is 32.5. The Morgan fingerprint density at radius 1 is 0.661 bits per heavy atom. The molecule has 0 aliphatic carbocycles. The van der Waals surface area contributed by atoms with Crippen molar-refractivity contribution in [1.82, 2.24) is 15.0 Å². The van der Waals surface area contributed by atoms with Gasteiger partial charge in [0.15, 0.2) is 30.6 Å². The Labute approximate surface area is 321 Å². The maximum atomic E-state index is 12.7. The van der Waals surface area contributed by atoms with E-state index in [2.05, 4.69) is 10.3 Å². The number of esters is 7. The summed E-state index contributed by atoms with van der Waals surface area (Å²) in [5.74, 6) is -8.67. The lowest BCUT2D eigenvalue weighted by atomic mass is 9.97. The third-order valence-electron chi connectivity index (χ3n) is 8.56. The second-order valence-electron chi connectivity index (χ2n) is 13.2. The van der Waals surface area contributed by atoms with Gasteiger partial charge in [-0.2, -0.15) is 0 Å². The van der Waals surface area contributed by atoms with E-state index in [9.17, 15) is 33.6 Å². The number of benzene rings is 1. The van der Waals surface area contributed by atoms with Crippen LogP contribution in [0.25, 0.3) is 11.3 Å². The largest absolute Gasteiger partial charge is 0.463 e. The van der Waals surface area contributed by atoms with Crippen molar-refractivity contribution in [3.8, 4) is 11.3 Å². The molecule has 0 spiro atoms. The average molecular weight is 792 g/mol. The van der Waals surface area contributed by atoms with E-state index in [1.54, 1.807) is 0 Å². The van der Waals surface area contributed by atoms with Gasteiger partial charge in [-0.25, -0.2) is 4.68 Å². The van der Waals surface area contributed by atoms with E-state index in [0.717, 1.165) is 70.7 Å². The van der Waals surface area contributed by atoms with Crippen LogP contribution in [0.3, 0.4) is 0 Å². The summed E-state index contributed by atoms with van der Waals surface area (Å²) in [5.41, 5.74) is 4.00. The van der Waals surface area contributed by atoms with Gasteiger partial charge in [-0.1, -0.05) is 11.3 Å². The summed E-state index contributed by atoms with van der Waals surface area (Å²) in [6.45, 7) is 11.7. The third kappa shape index (κ3) is 10.4. The quantitative estimate of drug-likeness (QED) is 0.207. The van der Waals surface area contributed by atoms with Gasteiger partial charge in [-0.15, -0.1) is 5.10 Å². The summed E-state index contributed by atoms with van der Waals surface area (Å²) in [6, 6.07) is 3.89. The number of carbonyl (C=O) groups excluding carboxylic acids is 7. The predicted molar refractivity (Wildman–Crippen MR) is 183 cm³/mol. The van der Waals surface area contributed by atoms with Crippen molar-refractivity contribution in [2.75, 3.05) is 13.2 Å². The van der Waals surface area contributed by atoms with E-state index >= 15 is 0 Å². The van der Waals surface area contributed by atoms with Crippen molar-refractivity contribution in [2.24, 2.45) is 0 Å². The van der Waals surface area contributed by atoms with Crippen LogP contribution < -0.4 is 0 Å². The Morgan fingerprint density at radius 2 is 1.20 bits per heavy atom. The first-order valence-electron chi connectivity index (χ1n) is 17.3. The molecule has 4 rings (SSSR count). The maximum Gasteiger partial charge on any atom is 0.303 e. The molecule has 306 valence electrons. The average Bonchev–Trinajstić information content (AvgIpc) is 3.66. The van der Waals surface area contributed by atoms with E-state index in [-0.39, 0.29) is 0 Å². The number of ether oxygens (including phenoxy) is 10. The lowest BCUT2D eigenvalue weighted by molar-refractivity contribution is -0.386. The fourth-order valence-corrected chi connectivity index (χ4v) is 6.28. The lowest BCUT2D eigenvalue weighted by Gasteiger charge is -2.46. The molecule has 56 heavy (non-hydrogen) atoms. The van der Waals surface area contributed by atoms with Gasteiger partial charge in [0.05, 0.1) is 6.20 Å². The van der Waals surface area contributed by atoms with Crippen LogP contribution in [0.1, 0.15) is 71.4 Å². The Kier molecular flexibility index (Phi) is 13.9. The van der Waals surface area contributed by atoms with Crippen LogP contribution in [0.4, 0.5) is 0 Å². The molecule has 3 heterocycles. The van der Waals surface area contributed by atoms with Gasteiger partial charge in [0, 0.05) is 54.0 Å². The molecule has 0 radical (unpaired) electrons. The van der Waals surface area contributed by atoms with Crippen molar-refractivity contribution >= 4 is 41.8 Å². The van der Waals surface area contributed by atoms with E-state index in [0.29, 0.717) is 5.69 Å². The van der Waals surface area contributed by atoms with E-state index in [1.165, 1.54) is 10.9 Å². The molecule has 1 aromatic carbocycles. The first kappa shape index (κ1) is 43.3. The summed E-state index contributed by atoms with van der Waals surface area (Å²) in [7, 11) is 0. The molecule has 0 bridgehead atoms. The molecular formula is C36H45N3O17. The summed E-state index contributed by atoms with van der Waals surface area (Å²) in [6.07, 6.45) is -11.9. The first-order chi connectivity index (χ1) is 26.2. The summed E-state index contributed by atoms with van der Waals surface area (Å²) in [5, 5.41) is 8.53. The SMILES string of the molecule is CC(=O)OC[C@H]1O[C@H](O[C@]2(COC(C)=O)O[C@H](n3cc(-c4cc(C)c(C)cc4C)nn3)[C@@H](OC(C)=O)[C@@H]2OC(C)=O)[C@H](OC(C)=O)[C@@H](OC(C)=O)[C@@H]1OC(C)=O. The molecule has 2 aliphatic rings. The van der Waals surface area contributed by atoms with Crippen molar-refractivity contribution in [2.45, 2.75) is 124 Å². The highest BCUT2D eigenvalue weighted by atomic mass is 16.8. The third-order valence-corrected chi connectivity index (χ3v) is 8.56. The first-order valence-corrected chi connectivity index (χ1v) is 17.3. The standard InChI is InChI=1S/C36H45N3O17/c1-16-11-18(3)26(12-17(16)2)27-13-39(38-37-27)34-32(52-24(9)45)33(53-25(10)46)36(55-34,15-48-20(5)41)56-35-31(51-23(8)44)30(50-22(7)43)29(49-21(6)42)28(54-35)14-47-19(4)40/h11-13,28-35H,14-15H2,1-10H3/t28-,29-,30+,31-,32+,33+,34+,35-,36+/m1/s1. The Morgan fingerprint density at radius 3 is 1.77 bits per heavy atom. The smallest absolute Gasteiger partial charge is 0.303 e. The topological polar surface area (TPSA) is 242 Å². The monoisotopic (exact) mass is 791 g/mol. The van der Waals surface area contributed by atoms with E-state index in [4.69, 9.17) is 47.4 Å². The van der Waals surface area contributed by atoms with Crippen LogP contribution >= 0.6 is 0 Å². The maximum absolute atomic E-state index is 12.7. The Bertz CT molecular complexity index is 1840. The Hall–Kier alpha value is -5.47. The number of carbonyl (C=O) groups is 7. The summed E-state index contributed by atoms with van der Waals surface area (Å²) >= 11 is 0. The molecule has 2 aliphatic heterocycles. The normalized spacial score (nSPS) is 27.0. The molecule has 2 aromatic rings. The van der Waals surface area contributed by atoms with Gasteiger partial charge in [0.2, 0.25) is 18.2 Å². The number of aromatic nitrogens is 3. The molecular weight excluding hydrogens is 746 g/mol. The van der Waals surface area contributed by atoms with Gasteiger partial charge < -0.3 is 47.4 Å². The van der Waals surface area contributed by atoms with Gasteiger partial charge >= 0.3 is 41.8 Å². The molecule has 20 nitrogen and oxygen atoms in total. The van der Waals surface area contributed by atoms with E-state index < -0.39 is 110 Å². The number of aryl methyl sites for hydroxylation is 3. The van der Waals surface area contributed by atoms with Crippen LogP contribution in [0.15, 0.2) is 18.3 Å². The highest BCUT2D eigenvalue weighted by Crippen LogP contribution is 2.45. The summed E-state index contributed by atoms with van der Waals surface area (Å²) < 4.78 is 58.5. The highest BCUT2D eigenvalue weighted by molar-refractivity contribution is 5.70. The van der Waals surface area contributed by atoms with Crippen LogP contribution in [-0.2, 0) is 80.9 Å². The van der Waals surface area contributed by atoms with Crippen LogP contribution in [0.5, 0.6) is 0 Å².